The molecule has 0 saturated carbocycles. The fourth-order valence-corrected chi connectivity index (χ4v) is 5.11. The molecular formula is C24H27ClN2O2S. The lowest BCUT2D eigenvalue weighted by molar-refractivity contribution is 0.282. The standard InChI is InChI=1S/C24H26N2O2S.ClH/c1-13(2)19(11-25)15-4-6-16(7-5-15)20-17(12-27)10-14(3)22-21(20)18-8-9-29-23(18)24(28)26-22;/h4-10,13,19,27H,11-12,25H2,1-3H3,(H,26,28);1H. The number of halogens is 1. The average molecular weight is 443 g/mol. The van der Waals surface area contributed by atoms with Crippen LogP contribution < -0.4 is 11.3 Å². The molecule has 0 spiro atoms. The maximum Gasteiger partial charge on any atom is 0.266 e. The van der Waals surface area contributed by atoms with Crippen LogP contribution in [0.3, 0.4) is 0 Å². The van der Waals surface area contributed by atoms with Crippen molar-refractivity contribution in [3.05, 3.63) is 68.8 Å². The van der Waals surface area contributed by atoms with Gasteiger partial charge in [-0.25, -0.2) is 0 Å². The fraction of sp³-hybridized carbons (Fsp3) is 0.292. The lowest BCUT2D eigenvalue weighted by Crippen LogP contribution is -2.17. The predicted octanol–water partition coefficient (Wildman–Crippen LogP) is 5.33. The Morgan fingerprint density at radius 1 is 1.17 bits per heavy atom. The lowest BCUT2D eigenvalue weighted by Gasteiger charge is -2.20. The molecule has 2 aromatic carbocycles. The Labute approximate surface area is 186 Å². The Morgan fingerprint density at radius 2 is 1.87 bits per heavy atom. The highest BCUT2D eigenvalue weighted by Gasteiger charge is 2.18. The largest absolute Gasteiger partial charge is 0.392 e. The van der Waals surface area contributed by atoms with Gasteiger partial charge in [-0.05, 0) is 64.6 Å². The molecule has 4 N–H and O–H groups in total. The number of nitrogens with one attached hydrogen (secondary N) is 1. The number of nitrogens with two attached hydrogens (primary N) is 1. The highest BCUT2D eigenvalue weighted by molar-refractivity contribution is 7.17. The van der Waals surface area contributed by atoms with E-state index in [1.165, 1.54) is 16.9 Å². The molecule has 6 heteroatoms. The van der Waals surface area contributed by atoms with Crippen LogP contribution in [0.4, 0.5) is 0 Å². The topological polar surface area (TPSA) is 79.1 Å². The summed E-state index contributed by atoms with van der Waals surface area (Å²) >= 11 is 1.44. The van der Waals surface area contributed by atoms with Gasteiger partial charge in [0.1, 0.15) is 4.70 Å². The number of aliphatic hydroxyl groups is 1. The normalized spacial score (nSPS) is 12.5. The van der Waals surface area contributed by atoms with E-state index in [-0.39, 0.29) is 24.6 Å². The summed E-state index contributed by atoms with van der Waals surface area (Å²) in [7, 11) is 0. The molecule has 0 aliphatic rings. The van der Waals surface area contributed by atoms with Crippen LogP contribution in [0.2, 0.25) is 0 Å². The average Bonchev–Trinajstić information content (AvgIpc) is 3.20. The number of H-pyrrole nitrogens is 1. The van der Waals surface area contributed by atoms with Crippen LogP contribution in [-0.4, -0.2) is 16.6 Å². The number of aryl methyl sites for hydroxylation is 1. The smallest absolute Gasteiger partial charge is 0.266 e. The molecule has 0 fully saturated rings. The Morgan fingerprint density at radius 3 is 2.47 bits per heavy atom. The van der Waals surface area contributed by atoms with Crippen LogP contribution in [0.5, 0.6) is 0 Å². The molecule has 0 saturated heterocycles. The molecule has 30 heavy (non-hydrogen) atoms. The van der Waals surface area contributed by atoms with Gasteiger partial charge in [0.05, 0.1) is 12.1 Å². The third kappa shape index (κ3) is 3.67. The molecule has 1 unspecified atom stereocenters. The first-order valence-electron chi connectivity index (χ1n) is 9.93. The highest BCUT2D eigenvalue weighted by Crippen LogP contribution is 2.38. The summed E-state index contributed by atoms with van der Waals surface area (Å²) in [5.74, 6) is 0.783. The van der Waals surface area contributed by atoms with Crippen molar-refractivity contribution < 1.29 is 5.11 Å². The minimum Gasteiger partial charge on any atom is -0.392 e. The SMILES string of the molecule is Cc1cc(CO)c(-c2ccc(C(CN)C(C)C)cc2)c2c1[nH]c(=O)c1sccc12.Cl. The second-order valence-electron chi connectivity index (χ2n) is 7.96. The number of hydrogen-bond acceptors (Lipinski definition) is 4. The second-order valence-corrected chi connectivity index (χ2v) is 8.88. The van der Waals surface area contributed by atoms with E-state index in [0.29, 0.717) is 23.1 Å². The molecule has 4 rings (SSSR count). The summed E-state index contributed by atoms with van der Waals surface area (Å²) in [6, 6.07) is 12.4. The van der Waals surface area contributed by atoms with Crippen molar-refractivity contribution in [1.82, 2.24) is 4.98 Å². The first-order chi connectivity index (χ1) is 14.0. The molecule has 4 aromatic rings. The van der Waals surface area contributed by atoms with E-state index in [9.17, 15) is 9.90 Å². The molecule has 4 nitrogen and oxygen atoms in total. The molecule has 0 aliphatic carbocycles. The van der Waals surface area contributed by atoms with Crippen molar-refractivity contribution in [1.29, 1.82) is 0 Å². The van der Waals surface area contributed by atoms with Gasteiger partial charge in [-0.1, -0.05) is 44.2 Å². The summed E-state index contributed by atoms with van der Waals surface area (Å²) in [6.45, 7) is 6.90. The number of aromatic amines is 1. The van der Waals surface area contributed by atoms with E-state index < -0.39 is 0 Å². The van der Waals surface area contributed by atoms with Gasteiger partial charge in [-0.15, -0.1) is 23.7 Å². The maximum atomic E-state index is 12.5. The molecule has 158 valence electrons. The van der Waals surface area contributed by atoms with Gasteiger partial charge in [-0.2, -0.15) is 0 Å². The van der Waals surface area contributed by atoms with Gasteiger partial charge < -0.3 is 15.8 Å². The monoisotopic (exact) mass is 442 g/mol. The lowest BCUT2D eigenvalue weighted by atomic mass is 9.86. The molecule has 1 atom stereocenters. The predicted molar refractivity (Wildman–Crippen MR) is 130 cm³/mol. The van der Waals surface area contributed by atoms with Crippen LogP contribution in [0.1, 0.15) is 36.5 Å². The zero-order valence-corrected chi connectivity index (χ0v) is 19.0. The molecule has 0 radical (unpaired) electrons. The Bertz CT molecular complexity index is 1240. The molecule has 2 heterocycles. The number of aliphatic hydroxyl groups excluding tert-OH is 1. The second kappa shape index (κ2) is 8.90. The van der Waals surface area contributed by atoms with Gasteiger partial charge in [0, 0.05) is 10.8 Å². The molecule has 0 bridgehead atoms. The van der Waals surface area contributed by atoms with Gasteiger partial charge in [0.2, 0.25) is 0 Å². The molecule has 2 aromatic heterocycles. The summed E-state index contributed by atoms with van der Waals surface area (Å²) in [6.07, 6.45) is 0. The Kier molecular flexibility index (Phi) is 6.68. The molecule has 0 amide bonds. The van der Waals surface area contributed by atoms with Gasteiger partial charge >= 0.3 is 0 Å². The summed E-state index contributed by atoms with van der Waals surface area (Å²) < 4.78 is 0.716. The van der Waals surface area contributed by atoms with E-state index in [1.54, 1.807) is 0 Å². The van der Waals surface area contributed by atoms with Gasteiger partial charge in [0.15, 0.2) is 0 Å². The molecular weight excluding hydrogens is 416 g/mol. The number of hydrogen-bond donors (Lipinski definition) is 3. The third-order valence-electron chi connectivity index (χ3n) is 5.84. The van der Waals surface area contributed by atoms with Crippen LogP contribution in [0, 0.1) is 12.8 Å². The number of pyridine rings is 1. The van der Waals surface area contributed by atoms with Gasteiger partial charge in [-0.3, -0.25) is 4.79 Å². The van der Waals surface area contributed by atoms with Crippen molar-refractivity contribution in [2.75, 3.05) is 6.54 Å². The molecule has 0 aliphatic heterocycles. The van der Waals surface area contributed by atoms with Crippen molar-refractivity contribution in [2.45, 2.75) is 33.3 Å². The van der Waals surface area contributed by atoms with Crippen molar-refractivity contribution in [2.24, 2.45) is 11.7 Å². The Balaban J connectivity index is 0.00000256. The van der Waals surface area contributed by atoms with E-state index in [1.807, 2.05) is 24.4 Å². The quantitative estimate of drug-likeness (QED) is 0.390. The van der Waals surface area contributed by atoms with Crippen molar-refractivity contribution >= 4 is 44.7 Å². The van der Waals surface area contributed by atoms with Crippen LogP contribution in [-0.2, 0) is 6.61 Å². The van der Waals surface area contributed by atoms with Crippen molar-refractivity contribution in [3.63, 3.8) is 0 Å². The number of aromatic nitrogens is 1. The number of thiophene rings is 1. The first-order valence-corrected chi connectivity index (χ1v) is 10.8. The summed E-state index contributed by atoms with van der Waals surface area (Å²) in [5.41, 5.74) is 11.8. The summed E-state index contributed by atoms with van der Waals surface area (Å²) in [4.78, 5) is 15.6. The minimum absolute atomic E-state index is 0. The minimum atomic E-state index is -0.0635. The zero-order valence-electron chi connectivity index (χ0n) is 17.4. The Hall–Kier alpha value is -2.18. The zero-order chi connectivity index (χ0) is 20.7. The van der Waals surface area contributed by atoms with Crippen LogP contribution in [0.25, 0.3) is 32.1 Å². The highest BCUT2D eigenvalue weighted by atomic mass is 35.5. The van der Waals surface area contributed by atoms with Crippen molar-refractivity contribution in [3.8, 4) is 11.1 Å². The van der Waals surface area contributed by atoms with Crippen LogP contribution in [0.15, 0.2) is 46.6 Å². The van der Waals surface area contributed by atoms with Gasteiger partial charge in [0.25, 0.3) is 5.56 Å². The van der Waals surface area contributed by atoms with E-state index in [0.717, 1.165) is 38.5 Å². The van der Waals surface area contributed by atoms with E-state index in [2.05, 4.69) is 43.1 Å². The van der Waals surface area contributed by atoms with E-state index >= 15 is 0 Å². The third-order valence-corrected chi connectivity index (χ3v) is 6.76. The van der Waals surface area contributed by atoms with Crippen LogP contribution >= 0.6 is 23.7 Å². The fourth-order valence-electron chi connectivity index (χ4n) is 4.32. The number of rotatable bonds is 5. The number of fused-ring (bicyclic) bond motifs is 3. The summed E-state index contributed by atoms with van der Waals surface area (Å²) in [5, 5.41) is 14.0. The maximum absolute atomic E-state index is 12.5. The van der Waals surface area contributed by atoms with E-state index in [4.69, 9.17) is 5.73 Å². The first kappa shape index (κ1) is 22.5. The number of benzene rings is 2.